The van der Waals surface area contributed by atoms with Crippen LogP contribution in [-0.2, 0) is 0 Å². The van der Waals surface area contributed by atoms with Crippen molar-refractivity contribution >= 4 is 11.6 Å². The Morgan fingerprint density at radius 3 is 2.81 bits per heavy atom. The van der Waals surface area contributed by atoms with Crippen LogP contribution in [0.2, 0.25) is 0 Å². The third kappa shape index (κ3) is 3.59. The Kier molecular flexibility index (Phi) is 4.87. The molecule has 0 spiro atoms. The number of hydrogen-bond acceptors (Lipinski definition) is 5. The fourth-order valence-electron chi connectivity index (χ4n) is 1.27. The number of aromatic nitrogens is 1. The summed E-state index contributed by atoms with van der Waals surface area (Å²) in [6, 6.07) is 4.84. The van der Waals surface area contributed by atoms with Crippen molar-refractivity contribution in [2.24, 2.45) is 5.84 Å². The summed E-state index contributed by atoms with van der Waals surface area (Å²) in [5, 5.41) is 8.78. The van der Waals surface area contributed by atoms with E-state index in [2.05, 4.69) is 10.4 Å². The first-order valence-electron chi connectivity index (χ1n) is 4.75. The Morgan fingerprint density at radius 2 is 2.25 bits per heavy atom. The van der Waals surface area contributed by atoms with E-state index in [0.717, 1.165) is 0 Å². The molecule has 1 aromatic rings. The molecule has 1 heterocycles. The average molecular weight is 232 g/mol. The SMILES string of the molecule is NNc1cccc(N(CCO)CC(F)F)n1. The van der Waals surface area contributed by atoms with Gasteiger partial charge in [0.25, 0.3) is 6.43 Å². The van der Waals surface area contributed by atoms with E-state index in [1.807, 2.05) is 0 Å². The number of nitrogen functional groups attached to an aromatic ring is 1. The van der Waals surface area contributed by atoms with Gasteiger partial charge in [0.2, 0.25) is 0 Å². The summed E-state index contributed by atoms with van der Waals surface area (Å²) < 4.78 is 24.6. The Hall–Kier alpha value is -1.47. The molecule has 16 heavy (non-hydrogen) atoms. The number of aliphatic hydroxyl groups excluding tert-OH is 1. The van der Waals surface area contributed by atoms with E-state index in [1.165, 1.54) is 4.90 Å². The number of hydrazine groups is 1. The summed E-state index contributed by atoms with van der Waals surface area (Å²) in [5.41, 5.74) is 2.33. The highest BCUT2D eigenvalue weighted by molar-refractivity contribution is 5.46. The summed E-state index contributed by atoms with van der Waals surface area (Å²) in [5.74, 6) is 5.90. The van der Waals surface area contributed by atoms with E-state index >= 15 is 0 Å². The molecule has 7 heteroatoms. The highest BCUT2D eigenvalue weighted by Crippen LogP contribution is 2.14. The number of hydrogen-bond donors (Lipinski definition) is 3. The molecule has 5 nitrogen and oxygen atoms in total. The van der Waals surface area contributed by atoms with Crippen LogP contribution in [0.1, 0.15) is 0 Å². The lowest BCUT2D eigenvalue weighted by Gasteiger charge is -2.22. The van der Waals surface area contributed by atoms with Gasteiger partial charge in [-0.25, -0.2) is 19.6 Å². The van der Waals surface area contributed by atoms with Crippen LogP contribution in [0.25, 0.3) is 0 Å². The van der Waals surface area contributed by atoms with Gasteiger partial charge in [-0.15, -0.1) is 0 Å². The van der Waals surface area contributed by atoms with Gasteiger partial charge in [0, 0.05) is 6.54 Å². The van der Waals surface area contributed by atoms with Gasteiger partial charge >= 0.3 is 0 Å². The predicted octanol–water partition coefficient (Wildman–Crippen LogP) is 0.431. The van der Waals surface area contributed by atoms with Crippen molar-refractivity contribution in [3.05, 3.63) is 18.2 Å². The zero-order valence-corrected chi connectivity index (χ0v) is 8.61. The topological polar surface area (TPSA) is 74.4 Å². The largest absolute Gasteiger partial charge is 0.395 e. The van der Waals surface area contributed by atoms with Crippen LogP contribution in [0.3, 0.4) is 0 Å². The molecule has 0 amide bonds. The van der Waals surface area contributed by atoms with Gasteiger partial charge in [-0.1, -0.05) is 6.07 Å². The highest BCUT2D eigenvalue weighted by Gasteiger charge is 2.13. The number of nitrogens with zero attached hydrogens (tertiary/aromatic N) is 2. The third-order valence-electron chi connectivity index (χ3n) is 1.93. The van der Waals surface area contributed by atoms with E-state index in [1.54, 1.807) is 18.2 Å². The lowest BCUT2D eigenvalue weighted by atomic mass is 10.4. The fourth-order valence-corrected chi connectivity index (χ4v) is 1.27. The molecule has 0 aliphatic carbocycles. The molecule has 90 valence electrons. The first-order valence-corrected chi connectivity index (χ1v) is 4.75. The molecule has 0 bridgehead atoms. The standard InChI is InChI=1S/C9H14F2N4O/c10-7(11)6-15(4-5-16)9-3-1-2-8(13-9)14-12/h1-3,7,16H,4-6,12H2,(H,13,14). The van der Waals surface area contributed by atoms with Gasteiger partial charge in [-0.3, -0.25) is 0 Å². The van der Waals surface area contributed by atoms with Gasteiger partial charge in [-0.2, -0.15) is 0 Å². The van der Waals surface area contributed by atoms with Crippen molar-refractivity contribution in [3.8, 4) is 0 Å². The van der Waals surface area contributed by atoms with E-state index in [-0.39, 0.29) is 13.2 Å². The number of nitrogens with one attached hydrogen (secondary N) is 1. The molecule has 1 rings (SSSR count). The number of aliphatic hydroxyl groups is 1. The van der Waals surface area contributed by atoms with Crippen LogP contribution < -0.4 is 16.2 Å². The lowest BCUT2D eigenvalue weighted by Crippen LogP contribution is -2.32. The molecule has 0 fully saturated rings. The van der Waals surface area contributed by atoms with Crippen LogP contribution in [0.15, 0.2) is 18.2 Å². The number of halogens is 2. The van der Waals surface area contributed by atoms with Crippen LogP contribution in [0, 0.1) is 0 Å². The van der Waals surface area contributed by atoms with Crippen LogP contribution in [0.5, 0.6) is 0 Å². The molecule has 0 aliphatic heterocycles. The normalized spacial score (nSPS) is 10.6. The molecule has 0 saturated heterocycles. The second kappa shape index (κ2) is 6.19. The maximum absolute atomic E-state index is 12.3. The van der Waals surface area contributed by atoms with Gasteiger partial charge in [0.05, 0.1) is 13.2 Å². The minimum atomic E-state index is -2.48. The minimum Gasteiger partial charge on any atom is -0.395 e. The first-order chi connectivity index (χ1) is 7.67. The number of rotatable bonds is 6. The van der Waals surface area contributed by atoms with E-state index in [0.29, 0.717) is 11.6 Å². The highest BCUT2D eigenvalue weighted by atomic mass is 19.3. The molecule has 4 N–H and O–H groups in total. The number of alkyl halides is 2. The summed E-state index contributed by atoms with van der Waals surface area (Å²) in [6.45, 7) is -0.582. The molecule has 0 unspecified atom stereocenters. The minimum absolute atomic E-state index is 0.103. The second-order valence-electron chi connectivity index (χ2n) is 3.09. The fraction of sp³-hybridized carbons (Fsp3) is 0.444. The van der Waals surface area contributed by atoms with Crippen molar-refractivity contribution in [1.29, 1.82) is 0 Å². The monoisotopic (exact) mass is 232 g/mol. The van der Waals surface area contributed by atoms with Crippen molar-refractivity contribution < 1.29 is 13.9 Å². The molecular formula is C9H14F2N4O. The smallest absolute Gasteiger partial charge is 0.255 e. The number of anilines is 2. The first kappa shape index (κ1) is 12.6. The predicted molar refractivity (Wildman–Crippen MR) is 57.3 cm³/mol. The van der Waals surface area contributed by atoms with E-state index in [9.17, 15) is 8.78 Å². The summed E-state index contributed by atoms with van der Waals surface area (Å²) in [7, 11) is 0. The Labute approximate surface area is 91.9 Å². The third-order valence-corrected chi connectivity index (χ3v) is 1.93. The molecule has 1 aromatic heterocycles. The van der Waals surface area contributed by atoms with Crippen LogP contribution in [-0.4, -0.2) is 36.2 Å². The molecular weight excluding hydrogens is 218 g/mol. The molecule has 0 atom stereocenters. The Balaban J connectivity index is 2.82. The van der Waals surface area contributed by atoms with Gasteiger partial charge in [0.1, 0.15) is 11.6 Å². The molecule has 0 saturated carbocycles. The van der Waals surface area contributed by atoms with Crippen molar-refractivity contribution in [3.63, 3.8) is 0 Å². The second-order valence-corrected chi connectivity index (χ2v) is 3.09. The van der Waals surface area contributed by atoms with Crippen LogP contribution >= 0.6 is 0 Å². The van der Waals surface area contributed by atoms with Gasteiger partial charge in [-0.05, 0) is 12.1 Å². The molecule has 0 aromatic carbocycles. The average Bonchev–Trinajstić information content (AvgIpc) is 2.28. The zero-order valence-electron chi connectivity index (χ0n) is 8.61. The number of pyridine rings is 1. The molecule has 0 aliphatic rings. The lowest BCUT2D eigenvalue weighted by molar-refractivity contribution is 0.152. The Morgan fingerprint density at radius 1 is 1.50 bits per heavy atom. The summed E-state index contributed by atoms with van der Waals surface area (Å²) in [4.78, 5) is 5.31. The Bertz CT molecular complexity index is 324. The zero-order chi connectivity index (χ0) is 12.0. The van der Waals surface area contributed by atoms with E-state index < -0.39 is 13.0 Å². The maximum atomic E-state index is 12.3. The van der Waals surface area contributed by atoms with Gasteiger partial charge in [0.15, 0.2) is 0 Å². The van der Waals surface area contributed by atoms with Crippen molar-refractivity contribution in [2.45, 2.75) is 6.43 Å². The summed E-state index contributed by atoms with van der Waals surface area (Å²) >= 11 is 0. The van der Waals surface area contributed by atoms with E-state index in [4.69, 9.17) is 10.9 Å². The van der Waals surface area contributed by atoms with Crippen molar-refractivity contribution in [1.82, 2.24) is 4.98 Å². The van der Waals surface area contributed by atoms with Gasteiger partial charge < -0.3 is 15.4 Å². The summed E-state index contributed by atoms with van der Waals surface area (Å²) in [6.07, 6.45) is -2.48. The van der Waals surface area contributed by atoms with Crippen LogP contribution in [0.4, 0.5) is 20.4 Å². The maximum Gasteiger partial charge on any atom is 0.255 e. The quantitative estimate of drug-likeness (QED) is 0.490. The van der Waals surface area contributed by atoms with Crippen molar-refractivity contribution in [2.75, 3.05) is 30.0 Å². The molecule has 0 radical (unpaired) electrons. The number of nitrogens with two attached hydrogens (primary N) is 1.